The van der Waals surface area contributed by atoms with E-state index in [1.807, 2.05) is 33.8 Å². The molecule has 0 radical (unpaired) electrons. The van der Waals surface area contributed by atoms with Crippen LogP contribution in [0.4, 0.5) is 0 Å². The van der Waals surface area contributed by atoms with E-state index in [0.717, 1.165) is 24.1 Å². The molecular formula is C20H30BNO3. The van der Waals surface area contributed by atoms with Gasteiger partial charge >= 0.3 is 7.12 Å². The van der Waals surface area contributed by atoms with Crippen molar-refractivity contribution in [2.45, 2.75) is 57.7 Å². The predicted molar refractivity (Wildman–Crippen MR) is 102 cm³/mol. The van der Waals surface area contributed by atoms with Crippen LogP contribution in [0.2, 0.25) is 0 Å². The normalized spacial score (nSPS) is 23.9. The van der Waals surface area contributed by atoms with E-state index in [2.05, 4.69) is 29.6 Å². The highest BCUT2D eigenvalue weighted by molar-refractivity contribution is 6.55. The molecule has 1 aromatic carbocycles. The molecule has 2 N–H and O–H groups in total. The van der Waals surface area contributed by atoms with Crippen LogP contribution in [0.1, 0.15) is 57.6 Å². The van der Waals surface area contributed by atoms with Gasteiger partial charge in [-0.3, -0.25) is 0 Å². The number of rotatable bonds is 4. The molecule has 1 aromatic rings. The van der Waals surface area contributed by atoms with Gasteiger partial charge in [-0.15, -0.1) is 0 Å². The Kier molecular flexibility index (Phi) is 5.40. The Morgan fingerprint density at radius 2 is 1.68 bits per heavy atom. The molecule has 0 spiro atoms. The molecule has 0 aliphatic carbocycles. The second-order valence-electron chi connectivity index (χ2n) is 8.16. The number of hydrogen-bond acceptors (Lipinski definition) is 4. The molecule has 5 heteroatoms. The van der Waals surface area contributed by atoms with Gasteiger partial charge in [0.1, 0.15) is 0 Å². The van der Waals surface area contributed by atoms with E-state index in [1.54, 1.807) is 0 Å². The molecule has 0 aromatic heterocycles. The van der Waals surface area contributed by atoms with Crippen molar-refractivity contribution >= 4 is 13.2 Å². The Bertz CT molecular complexity index is 602. The molecule has 136 valence electrons. The third kappa shape index (κ3) is 4.00. The van der Waals surface area contributed by atoms with Gasteiger partial charge in [0.15, 0.2) is 0 Å². The Morgan fingerprint density at radius 1 is 1.12 bits per heavy atom. The van der Waals surface area contributed by atoms with E-state index in [1.165, 1.54) is 18.4 Å². The molecule has 0 unspecified atom stereocenters. The van der Waals surface area contributed by atoms with Gasteiger partial charge in [-0.1, -0.05) is 30.3 Å². The SMILES string of the molecule is CC1(C)OB(C(=Cc2ccc(C3CCNCC3)cc2)CO)OC1(C)C. The van der Waals surface area contributed by atoms with Gasteiger partial charge in [0.2, 0.25) is 0 Å². The van der Waals surface area contributed by atoms with Crippen molar-refractivity contribution in [1.82, 2.24) is 5.32 Å². The van der Waals surface area contributed by atoms with Gasteiger partial charge in [-0.05, 0) is 76.1 Å². The first-order valence-corrected chi connectivity index (χ1v) is 9.30. The molecule has 3 rings (SSSR count). The maximum absolute atomic E-state index is 9.81. The second-order valence-corrected chi connectivity index (χ2v) is 8.16. The minimum atomic E-state index is -0.501. The second kappa shape index (κ2) is 7.24. The summed E-state index contributed by atoms with van der Waals surface area (Å²) in [5, 5.41) is 13.2. The van der Waals surface area contributed by atoms with Crippen LogP contribution in [-0.4, -0.2) is 43.1 Å². The van der Waals surface area contributed by atoms with Gasteiger partial charge in [0, 0.05) is 0 Å². The van der Waals surface area contributed by atoms with Crippen molar-refractivity contribution in [3.8, 4) is 0 Å². The number of nitrogens with one attached hydrogen (secondary N) is 1. The third-order valence-electron chi connectivity index (χ3n) is 5.84. The first kappa shape index (κ1) is 18.6. The molecule has 0 saturated carbocycles. The van der Waals surface area contributed by atoms with E-state index in [4.69, 9.17) is 9.31 Å². The fourth-order valence-electron chi connectivity index (χ4n) is 3.42. The van der Waals surface area contributed by atoms with Gasteiger partial charge < -0.3 is 19.7 Å². The fourth-order valence-corrected chi connectivity index (χ4v) is 3.42. The van der Waals surface area contributed by atoms with Crippen LogP contribution in [-0.2, 0) is 9.31 Å². The van der Waals surface area contributed by atoms with Gasteiger partial charge in [-0.2, -0.15) is 0 Å². The highest BCUT2D eigenvalue weighted by Crippen LogP contribution is 2.38. The van der Waals surface area contributed by atoms with Crippen LogP contribution in [0.15, 0.2) is 29.7 Å². The molecule has 2 saturated heterocycles. The Morgan fingerprint density at radius 3 is 2.20 bits per heavy atom. The summed E-state index contributed by atoms with van der Waals surface area (Å²) in [5.74, 6) is 0.652. The fraction of sp³-hybridized carbons (Fsp3) is 0.600. The summed E-state index contributed by atoms with van der Waals surface area (Å²) in [6.07, 6.45) is 4.38. The summed E-state index contributed by atoms with van der Waals surface area (Å²) in [7, 11) is -0.501. The van der Waals surface area contributed by atoms with Crippen LogP contribution in [0.3, 0.4) is 0 Å². The van der Waals surface area contributed by atoms with E-state index >= 15 is 0 Å². The maximum Gasteiger partial charge on any atom is 0.492 e. The largest absolute Gasteiger partial charge is 0.492 e. The van der Waals surface area contributed by atoms with Crippen molar-refractivity contribution in [1.29, 1.82) is 0 Å². The molecule has 2 heterocycles. The quantitative estimate of drug-likeness (QED) is 0.825. The van der Waals surface area contributed by atoms with Crippen LogP contribution in [0.5, 0.6) is 0 Å². The van der Waals surface area contributed by atoms with E-state index in [0.29, 0.717) is 5.92 Å². The lowest BCUT2D eigenvalue weighted by atomic mass is 9.77. The smallest absolute Gasteiger partial charge is 0.400 e. The third-order valence-corrected chi connectivity index (χ3v) is 5.84. The molecule has 2 aliphatic heterocycles. The zero-order valence-corrected chi connectivity index (χ0v) is 15.8. The number of piperidine rings is 1. The summed E-state index contributed by atoms with van der Waals surface area (Å²) >= 11 is 0. The lowest BCUT2D eigenvalue weighted by molar-refractivity contribution is 0.00578. The molecular weight excluding hydrogens is 313 g/mol. The van der Waals surface area contributed by atoms with Crippen LogP contribution >= 0.6 is 0 Å². The maximum atomic E-state index is 9.81. The zero-order valence-electron chi connectivity index (χ0n) is 15.8. The van der Waals surface area contributed by atoms with E-state index < -0.39 is 18.3 Å². The van der Waals surface area contributed by atoms with Crippen molar-refractivity contribution in [2.75, 3.05) is 19.7 Å². The molecule has 0 bridgehead atoms. The Hall–Kier alpha value is -1.14. The monoisotopic (exact) mass is 343 g/mol. The first-order chi connectivity index (χ1) is 11.8. The zero-order chi connectivity index (χ0) is 18.1. The molecule has 25 heavy (non-hydrogen) atoms. The molecule has 4 nitrogen and oxygen atoms in total. The number of hydrogen-bond donors (Lipinski definition) is 2. The minimum Gasteiger partial charge on any atom is -0.400 e. The summed E-state index contributed by atoms with van der Waals surface area (Å²) in [4.78, 5) is 0. The van der Waals surface area contributed by atoms with E-state index in [9.17, 15) is 5.11 Å². The summed E-state index contributed by atoms with van der Waals surface area (Å²) in [5.41, 5.74) is 2.43. The predicted octanol–water partition coefficient (Wildman–Crippen LogP) is 3.16. The lowest BCUT2D eigenvalue weighted by Crippen LogP contribution is -2.41. The summed E-state index contributed by atoms with van der Waals surface area (Å²) < 4.78 is 12.1. The average molecular weight is 343 g/mol. The lowest BCUT2D eigenvalue weighted by Gasteiger charge is -2.32. The summed E-state index contributed by atoms with van der Waals surface area (Å²) in [6, 6.07) is 8.67. The highest BCUT2D eigenvalue weighted by atomic mass is 16.7. The Balaban J connectivity index is 1.74. The van der Waals surface area contributed by atoms with Crippen LogP contribution in [0.25, 0.3) is 6.08 Å². The van der Waals surface area contributed by atoms with Gasteiger partial charge in [0.05, 0.1) is 17.8 Å². The van der Waals surface area contributed by atoms with Crippen molar-refractivity contribution in [3.63, 3.8) is 0 Å². The number of benzene rings is 1. The highest BCUT2D eigenvalue weighted by Gasteiger charge is 2.52. The van der Waals surface area contributed by atoms with Crippen LogP contribution in [0, 0.1) is 0 Å². The van der Waals surface area contributed by atoms with Crippen LogP contribution < -0.4 is 5.32 Å². The molecule has 0 amide bonds. The average Bonchev–Trinajstić information content (AvgIpc) is 2.81. The number of aliphatic hydroxyl groups excluding tert-OH is 1. The van der Waals surface area contributed by atoms with Gasteiger partial charge in [-0.25, -0.2) is 0 Å². The Labute approximate surface area is 151 Å². The standard InChI is InChI=1S/C20H30BNO3/c1-19(2)20(3,4)25-21(24-19)18(14-23)13-15-5-7-16(8-6-15)17-9-11-22-12-10-17/h5-8,13,17,22-23H,9-12,14H2,1-4H3. The van der Waals surface area contributed by atoms with E-state index in [-0.39, 0.29) is 6.61 Å². The topological polar surface area (TPSA) is 50.7 Å². The number of aliphatic hydroxyl groups is 1. The summed E-state index contributed by atoms with van der Waals surface area (Å²) in [6.45, 7) is 10.2. The van der Waals surface area contributed by atoms with Crippen molar-refractivity contribution < 1.29 is 14.4 Å². The molecule has 2 aliphatic rings. The van der Waals surface area contributed by atoms with Crippen molar-refractivity contribution in [3.05, 3.63) is 40.9 Å². The van der Waals surface area contributed by atoms with Gasteiger partial charge in [0.25, 0.3) is 0 Å². The van der Waals surface area contributed by atoms with Crippen molar-refractivity contribution in [2.24, 2.45) is 0 Å². The first-order valence-electron chi connectivity index (χ1n) is 9.30. The molecule has 0 atom stereocenters. The minimum absolute atomic E-state index is 0.0765. The molecule has 2 fully saturated rings.